The minimum atomic E-state index is -0.461. The van der Waals surface area contributed by atoms with E-state index in [0.717, 1.165) is 36.7 Å². The van der Waals surface area contributed by atoms with Crippen LogP contribution in [0.15, 0.2) is 47.4 Å². The van der Waals surface area contributed by atoms with Crippen LogP contribution in [0.4, 0.5) is 0 Å². The van der Waals surface area contributed by atoms with Gasteiger partial charge in [0.15, 0.2) is 0 Å². The predicted molar refractivity (Wildman–Crippen MR) is 103 cm³/mol. The fraction of sp³-hybridized carbons (Fsp3) is 0.211. The van der Waals surface area contributed by atoms with E-state index in [1.54, 1.807) is 17.8 Å². The van der Waals surface area contributed by atoms with E-state index in [0.29, 0.717) is 16.8 Å². The van der Waals surface area contributed by atoms with Crippen molar-refractivity contribution in [2.75, 3.05) is 13.1 Å². The van der Waals surface area contributed by atoms with Crippen molar-refractivity contribution in [3.63, 3.8) is 0 Å². The summed E-state index contributed by atoms with van der Waals surface area (Å²) >= 11 is 1.71. The van der Waals surface area contributed by atoms with E-state index >= 15 is 0 Å². The highest BCUT2D eigenvalue weighted by Gasteiger charge is 2.18. The van der Waals surface area contributed by atoms with Crippen LogP contribution in [0.25, 0.3) is 11.0 Å². The van der Waals surface area contributed by atoms with Crippen LogP contribution >= 0.6 is 11.8 Å². The second-order valence-corrected chi connectivity index (χ2v) is 7.13. The fourth-order valence-corrected chi connectivity index (χ4v) is 3.99. The Morgan fingerprint density at radius 2 is 2.12 bits per heavy atom. The van der Waals surface area contributed by atoms with E-state index in [1.807, 2.05) is 24.3 Å². The maximum absolute atomic E-state index is 11.6. The number of fused-ring (bicyclic) bond motifs is 1. The largest absolute Gasteiger partial charge is 0.366 e. The molecule has 1 aromatic heterocycles. The number of primary amides is 1. The van der Waals surface area contributed by atoms with Crippen LogP contribution in [-0.4, -0.2) is 34.8 Å². The number of benzene rings is 2. The highest BCUT2D eigenvalue weighted by atomic mass is 32.2. The molecule has 0 atom stereocenters. The lowest BCUT2D eigenvalue weighted by Crippen LogP contribution is -2.79. The highest BCUT2D eigenvalue weighted by molar-refractivity contribution is 7.98. The number of amides is 1. The molecule has 2 aromatic carbocycles. The summed E-state index contributed by atoms with van der Waals surface area (Å²) in [5, 5.41) is 3.43. The molecule has 6 nitrogen and oxygen atoms in total. The van der Waals surface area contributed by atoms with Gasteiger partial charge in [0.1, 0.15) is 11.3 Å². The molecule has 0 spiro atoms. The summed E-state index contributed by atoms with van der Waals surface area (Å²) in [6.07, 6.45) is 1.12. The number of carbonyl (C=O) groups excluding carboxylic acids is 1. The van der Waals surface area contributed by atoms with Crippen molar-refractivity contribution >= 4 is 34.5 Å². The number of carbonyl (C=O) groups is 1. The first-order valence-electron chi connectivity index (χ1n) is 8.56. The number of hydrogen-bond acceptors (Lipinski definition) is 4. The van der Waals surface area contributed by atoms with Crippen molar-refractivity contribution < 1.29 is 9.79 Å². The average molecular weight is 366 g/mol. The molecule has 7 heteroatoms. The van der Waals surface area contributed by atoms with Crippen LogP contribution in [0.5, 0.6) is 0 Å². The molecule has 1 aliphatic heterocycles. The minimum absolute atomic E-state index is 0.446. The van der Waals surface area contributed by atoms with Gasteiger partial charge in [0.2, 0.25) is 0 Å². The standard InChI is InChI=1S/C19H19N5OS/c20-18(25)13-6-3-7-14-17(13)24-16(23-14)11-26-15-8-2-1-5-12(15)19-21-9-4-10-22-19/h1-3,5-8H,4,9-11H2,(H2,20,25)(H,21,22)(H,23,24)/p+1. The molecule has 0 fully saturated rings. The highest BCUT2D eigenvalue weighted by Crippen LogP contribution is 2.26. The maximum atomic E-state index is 11.6. The lowest BCUT2D eigenvalue weighted by molar-refractivity contribution is -0.463. The van der Waals surface area contributed by atoms with Crippen molar-refractivity contribution in [1.29, 1.82) is 0 Å². The zero-order valence-electron chi connectivity index (χ0n) is 14.2. The summed E-state index contributed by atoms with van der Waals surface area (Å²) in [6.45, 7) is 1.97. The molecule has 0 bridgehead atoms. The molecule has 2 heterocycles. The summed E-state index contributed by atoms with van der Waals surface area (Å²) < 4.78 is 0. The van der Waals surface area contributed by atoms with E-state index in [1.165, 1.54) is 10.5 Å². The number of nitrogens with two attached hydrogens (primary N) is 1. The van der Waals surface area contributed by atoms with E-state index in [9.17, 15) is 4.79 Å². The number of amidine groups is 1. The summed E-state index contributed by atoms with van der Waals surface area (Å²) in [5.74, 6) is 2.12. The molecule has 0 saturated carbocycles. The van der Waals surface area contributed by atoms with Crippen molar-refractivity contribution in [3.8, 4) is 0 Å². The normalized spacial score (nSPS) is 14.1. The number of H-pyrrole nitrogens is 1. The molecule has 0 unspecified atom stereocenters. The molecule has 3 aromatic rings. The average Bonchev–Trinajstić information content (AvgIpc) is 3.10. The van der Waals surface area contributed by atoms with Crippen LogP contribution in [0.2, 0.25) is 0 Å². The topological polar surface area (TPSA) is 97.8 Å². The smallest absolute Gasteiger partial charge is 0.276 e. The number of para-hydroxylation sites is 1. The summed E-state index contributed by atoms with van der Waals surface area (Å²) in [6, 6.07) is 13.7. The third-order valence-corrected chi connectivity index (χ3v) is 5.39. The van der Waals surface area contributed by atoms with Crippen molar-refractivity contribution in [2.45, 2.75) is 17.1 Å². The number of nitrogens with zero attached hydrogens (tertiary/aromatic N) is 1. The Hall–Kier alpha value is -2.80. The van der Waals surface area contributed by atoms with Crippen LogP contribution in [0.3, 0.4) is 0 Å². The fourth-order valence-electron chi connectivity index (χ4n) is 3.06. The van der Waals surface area contributed by atoms with Gasteiger partial charge in [0, 0.05) is 11.3 Å². The molecule has 1 amide bonds. The van der Waals surface area contributed by atoms with Gasteiger partial charge in [-0.2, -0.15) is 0 Å². The van der Waals surface area contributed by atoms with Gasteiger partial charge < -0.3 is 10.7 Å². The molecule has 26 heavy (non-hydrogen) atoms. The number of imidazole rings is 1. The summed E-state index contributed by atoms with van der Waals surface area (Å²) in [4.78, 5) is 24.0. The lowest BCUT2D eigenvalue weighted by atomic mass is 10.2. The van der Waals surface area contributed by atoms with Gasteiger partial charge >= 0.3 is 0 Å². The number of nitrogens with one attached hydrogen (secondary N) is 3. The van der Waals surface area contributed by atoms with E-state index in [4.69, 9.17) is 5.73 Å². The molecular formula is C19H20N5OS+. The monoisotopic (exact) mass is 366 g/mol. The Balaban J connectivity index is 1.58. The first-order chi connectivity index (χ1) is 12.7. The Labute approximate surface area is 155 Å². The minimum Gasteiger partial charge on any atom is -0.366 e. The molecular weight excluding hydrogens is 346 g/mol. The number of aromatic nitrogens is 2. The third kappa shape index (κ3) is 3.30. The second kappa shape index (κ2) is 7.21. The van der Waals surface area contributed by atoms with E-state index in [2.05, 4.69) is 32.4 Å². The van der Waals surface area contributed by atoms with E-state index in [-0.39, 0.29) is 0 Å². The van der Waals surface area contributed by atoms with Crippen LogP contribution in [0, 0.1) is 0 Å². The molecule has 4 rings (SSSR count). The van der Waals surface area contributed by atoms with Gasteiger partial charge in [-0.3, -0.25) is 15.1 Å². The van der Waals surface area contributed by atoms with Gasteiger partial charge in [0.05, 0.1) is 35.5 Å². The van der Waals surface area contributed by atoms with Gasteiger partial charge in [-0.15, -0.1) is 11.8 Å². The molecule has 0 aliphatic carbocycles. The Morgan fingerprint density at radius 1 is 1.23 bits per heavy atom. The first-order valence-corrected chi connectivity index (χ1v) is 9.55. The Bertz CT molecular complexity index is 995. The zero-order valence-corrected chi connectivity index (χ0v) is 15.0. The summed E-state index contributed by atoms with van der Waals surface area (Å²) in [5.41, 5.74) is 8.52. The zero-order chi connectivity index (χ0) is 17.9. The summed E-state index contributed by atoms with van der Waals surface area (Å²) in [7, 11) is 0. The van der Waals surface area contributed by atoms with Crippen LogP contribution < -0.4 is 16.0 Å². The van der Waals surface area contributed by atoms with Gasteiger partial charge in [-0.1, -0.05) is 18.2 Å². The number of thioether (sulfide) groups is 1. The van der Waals surface area contributed by atoms with Gasteiger partial charge in [-0.25, -0.2) is 4.98 Å². The number of aromatic amines is 1. The van der Waals surface area contributed by atoms with Gasteiger partial charge in [-0.05, 0) is 24.3 Å². The SMILES string of the molecule is NC(=O)c1cccc2[nH]c(CSc3ccccc3C3=[NH+]CCCN3)nc12. The Morgan fingerprint density at radius 3 is 2.92 bits per heavy atom. The third-order valence-electron chi connectivity index (χ3n) is 4.31. The quantitative estimate of drug-likeness (QED) is 0.502. The second-order valence-electron chi connectivity index (χ2n) is 6.12. The van der Waals surface area contributed by atoms with Crippen molar-refractivity contribution in [2.24, 2.45) is 5.73 Å². The van der Waals surface area contributed by atoms with Crippen LogP contribution in [-0.2, 0) is 5.75 Å². The molecule has 0 radical (unpaired) electrons. The van der Waals surface area contributed by atoms with E-state index < -0.39 is 5.91 Å². The maximum Gasteiger partial charge on any atom is 0.276 e. The lowest BCUT2D eigenvalue weighted by Gasteiger charge is -2.11. The predicted octanol–water partition coefficient (Wildman–Crippen LogP) is 0.775. The van der Waals surface area contributed by atoms with Crippen molar-refractivity contribution in [1.82, 2.24) is 15.3 Å². The molecule has 5 N–H and O–H groups in total. The molecule has 0 saturated heterocycles. The Kier molecular flexibility index (Phi) is 4.62. The van der Waals surface area contributed by atoms with Gasteiger partial charge in [0.25, 0.3) is 11.7 Å². The number of hydrogen-bond donors (Lipinski definition) is 4. The molecule has 1 aliphatic rings. The number of rotatable bonds is 5. The van der Waals surface area contributed by atoms with Crippen molar-refractivity contribution in [3.05, 3.63) is 59.4 Å². The molecule has 132 valence electrons. The van der Waals surface area contributed by atoms with Crippen LogP contribution in [0.1, 0.15) is 28.2 Å². The first kappa shape index (κ1) is 16.7.